The molecule has 0 radical (unpaired) electrons. The number of rotatable bonds is 1. The summed E-state index contributed by atoms with van der Waals surface area (Å²) in [6.07, 6.45) is 0.383. The fraction of sp³-hybridized carbons (Fsp3) is 0.550. The summed E-state index contributed by atoms with van der Waals surface area (Å²) in [5.41, 5.74) is 0.270. The normalized spacial score (nSPS) is 19.8. The van der Waals surface area contributed by atoms with Crippen LogP contribution in [0.4, 0.5) is 15.3 Å². The van der Waals surface area contributed by atoms with Crippen molar-refractivity contribution in [3.63, 3.8) is 0 Å². The Hall–Kier alpha value is -2.57. The van der Waals surface area contributed by atoms with Gasteiger partial charge in [-0.1, -0.05) is 17.7 Å². The highest BCUT2D eigenvalue weighted by Crippen LogP contribution is 2.40. The topological polar surface area (TPSA) is 70.2 Å². The van der Waals surface area contributed by atoms with E-state index in [1.807, 2.05) is 52.0 Å². The monoisotopic (exact) mass is 373 g/mol. The van der Waals surface area contributed by atoms with Gasteiger partial charge in [-0.2, -0.15) is 0 Å². The van der Waals surface area contributed by atoms with E-state index in [1.54, 1.807) is 9.80 Å². The van der Waals surface area contributed by atoms with Gasteiger partial charge in [0, 0.05) is 25.8 Å². The van der Waals surface area contributed by atoms with Crippen molar-refractivity contribution in [2.24, 2.45) is 0 Å². The lowest BCUT2D eigenvalue weighted by Gasteiger charge is -2.42. The lowest BCUT2D eigenvalue weighted by Crippen LogP contribution is -2.58. The van der Waals surface area contributed by atoms with Crippen LogP contribution in [0.1, 0.15) is 39.2 Å². The predicted molar refractivity (Wildman–Crippen MR) is 102 cm³/mol. The van der Waals surface area contributed by atoms with Crippen molar-refractivity contribution in [1.82, 2.24) is 9.80 Å². The minimum absolute atomic E-state index is 0.211. The third-order valence-electron chi connectivity index (χ3n) is 5.14. The summed E-state index contributed by atoms with van der Waals surface area (Å²) in [6.45, 7) is 8.17. The molecule has 2 heterocycles. The number of hydrogen-bond acceptors (Lipinski definition) is 4. The van der Waals surface area contributed by atoms with Crippen molar-refractivity contribution in [2.75, 3.05) is 25.0 Å². The van der Waals surface area contributed by atoms with Crippen LogP contribution in [0.5, 0.6) is 0 Å². The number of likely N-dealkylation sites (tertiary alicyclic amines) is 1. The molecule has 2 aliphatic rings. The molecule has 7 heteroatoms. The van der Waals surface area contributed by atoms with Crippen molar-refractivity contribution in [3.8, 4) is 0 Å². The predicted octanol–water partition coefficient (Wildman–Crippen LogP) is 3.16. The Morgan fingerprint density at radius 3 is 2.15 bits per heavy atom. The van der Waals surface area contributed by atoms with Crippen LogP contribution < -0.4 is 4.90 Å². The number of hydrogen-bond donors (Lipinski definition) is 0. The fourth-order valence-corrected chi connectivity index (χ4v) is 3.70. The number of piperidine rings is 1. The van der Waals surface area contributed by atoms with E-state index in [-0.39, 0.29) is 18.0 Å². The minimum atomic E-state index is -0.945. The number of ether oxygens (including phenoxy) is 1. The molecule has 7 nitrogen and oxygen atoms in total. The molecule has 2 saturated heterocycles. The van der Waals surface area contributed by atoms with Crippen molar-refractivity contribution in [2.45, 2.75) is 51.7 Å². The lowest BCUT2D eigenvalue weighted by molar-refractivity contribution is -0.131. The van der Waals surface area contributed by atoms with Crippen LogP contribution in [-0.4, -0.2) is 59.1 Å². The Kier molecular flexibility index (Phi) is 4.66. The summed E-state index contributed by atoms with van der Waals surface area (Å²) in [4.78, 5) is 42.5. The van der Waals surface area contributed by atoms with Crippen LogP contribution in [0.15, 0.2) is 24.3 Å². The summed E-state index contributed by atoms with van der Waals surface area (Å²) in [5, 5.41) is 0. The second-order valence-corrected chi connectivity index (χ2v) is 8.32. The van der Waals surface area contributed by atoms with Crippen LogP contribution in [-0.2, 0) is 9.53 Å². The number of anilines is 1. The van der Waals surface area contributed by atoms with E-state index in [4.69, 9.17) is 4.74 Å². The number of likely N-dealkylation sites (N-methyl/N-ethyl adjacent to an activating group) is 1. The third kappa shape index (κ3) is 3.38. The zero-order chi connectivity index (χ0) is 20.0. The molecule has 3 rings (SSSR count). The molecule has 4 amide bonds. The van der Waals surface area contributed by atoms with Crippen molar-refractivity contribution in [3.05, 3.63) is 29.8 Å². The molecule has 2 aliphatic heterocycles. The van der Waals surface area contributed by atoms with Gasteiger partial charge in [0.25, 0.3) is 5.91 Å². The van der Waals surface area contributed by atoms with Crippen molar-refractivity contribution >= 4 is 23.7 Å². The number of nitrogens with zero attached hydrogens (tertiary/aromatic N) is 3. The number of carbonyl (C=O) groups is 3. The van der Waals surface area contributed by atoms with Gasteiger partial charge in [0.1, 0.15) is 11.1 Å². The van der Waals surface area contributed by atoms with Crippen LogP contribution in [0.25, 0.3) is 0 Å². The highest BCUT2D eigenvalue weighted by Gasteiger charge is 2.58. The summed E-state index contributed by atoms with van der Waals surface area (Å²) in [7, 11) is 1.51. The van der Waals surface area contributed by atoms with Crippen LogP contribution in [0.3, 0.4) is 0 Å². The van der Waals surface area contributed by atoms with Gasteiger partial charge >= 0.3 is 12.1 Å². The molecule has 1 spiro atoms. The maximum Gasteiger partial charge on any atom is 0.410 e. The average Bonchev–Trinajstić information content (AvgIpc) is 2.77. The maximum absolute atomic E-state index is 13.0. The van der Waals surface area contributed by atoms with Gasteiger partial charge in [0.15, 0.2) is 0 Å². The Labute approximate surface area is 159 Å². The first-order valence-electron chi connectivity index (χ1n) is 9.22. The minimum Gasteiger partial charge on any atom is -0.444 e. The smallest absolute Gasteiger partial charge is 0.410 e. The number of amides is 4. The summed E-state index contributed by atoms with van der Waals surface area (Å²) in [6, 6.07) is 7.25. The number of benzene rings is 1. The number of urea groups is 1. The quantitative estimate of drug-likeness (QED) is 0.709. The largest absolute Gasteiger partial charge is 0.444 e. The molecular formula is C20H27N3O4. The second kappa shape index (κ2) is 6.55. The number of aryl methyl sites for hydroxylation is 1. The van der Waals surface area contributed by atoms with Crippen molar-refractivity contribution < 1.29 is 19.1 Å². The van der Waals surface area contributed by atoms with Crippen LogP contribution in [0, 0.1) is 6.92 Å². The van der Waals surface area contributed by atoms with Crippen LogP contribution >= 0.6 is 0 Å². The molecule has 0 N–H and O–H groups in total. The van der Waals surface area contributed by atoms with Crippen molar-refractivity contribution in [1.29, 1.82) is 0 Å². The van der Waals surface area contributed by atoms with E-state index in [0.29, 0.717) is 31.6 Å². The second-order valence-electron chi connectivity index (χ2n) is 8.32. The molecule has 0 aromatic heterocycles. The van der Waals surface area contributed by atoms with Gasteiger partial charge < -0.3 is 9.64 Å². The Bertz CT molecular complexity index is 758. The van der Waals surface area contributed by atoms with E-state index in [1.165, 1.54) is 11.9 Å². The highest BCUT2D eigenvalue weighted by atomic mass is 16.6. The first-order valence-corrected chi connectivity index (χ1v) is 9.22. The fourth-order valence-electron chi connectivity index (χ4n) is 3.70. The summed E-state index contributed by atoms with van der Waals surface area (Å²) in [5.74, 6) is -0.211. The van der Waals surface area contributed by atoms with Gasteiger partial charge in [0.2, 0.25) is 0 Å². The molecule has 0 unspecified atom stereocenters. The van der Waals surface area contributed by atoms with E-state index < -0.39 is 11.1 Å². The van der Waals surface area contributed by atoms with Gasteiger partial charge in [-0.25, -0.2) is 9.59 Å². The number of imide groups is 1. The number of carbonyl (C=O) groups excluding carboxylic acids is 3. The molecule has 1 aromatic carbocycles. The summed E-state index contributed by atoms with van der Waals surface area (Å²) >= 11 is 0. The SMILES string of the molecule is Cc1ccc(N2C(=O)N(C)C(=O)C23CCN(C(=O)OC(C)(C)C)CC3)cc1. The molecule has 0 aliphatic carbocycles. The van der Waals surface area contributed by atoms with Gasteiger partial charge in [-0.3, -0.25) is 14.6 Å². The standard InChI is InChI=1S/C20H27N3O4/c1-14-6-8-15(9-7-14)23-17(25)21(5)16(24)20(23)10-12-22(13-11-20)18(26)27-19(2,3)4/h6-9H,10-13H2,1-5H3. The summed E-state index contributed by atoms with van der Waals surface area (Å²) < 4.78 is 5.43. The lowest BCUT2D eigenvalue weighted by atomic mass is 9.85. The van der Waals surface area contributed by atoms with Gasteiger partial charge in [-0.05, 0) is 52.7 Å². The molecule has 0 bridgehead atoms. The first-order chi connectivity index (χ1) is 12.5. The van der Waals surface area contributed by atoms with Gasteiger partial charge in [-0.15, -0.1) is 0 Å². The maximum atomic E-state index is 13.0. The van der Waals surface area contributed by atoms with Crippen LogP contribution in [0.2, 0.25) is 0 Å². The van der Waals surface area contributed by atoms with E-state index in [9.17, 15) is 14.4 Å². The highest BCUT2D eigenvalue weighted by molar-refractivity contribution is 6.16. The molecule has 0 saturated carbocycles. The van der Waals surface area contributed by atoms with Gasteiger partial charge in [0.05, 0.1) is 0 Å². The third-order valence-corrected chi connectivity index (χ3v) is 5.14. The first kappa shape index (κ1) is 19.2. The molecule has 27 heavy (non-hydrogen) atoms. The molecule has 1 aromatic rings. The molecule has 2 fully saturated rings. The molecular weight excluding hydrogens is 346 g/mol. The molecule has 0 atom stereocenters. The zero-order valence-electron chi connectivity index (χ0n) is 16.6. The molecule has 146 valence electrons. The average molecular weight is 373 g/mol. The van der Waals surface area contributed by atoms with E-state index >= 15 is 0 Å². The zero-order valence-corrected chi connectivity index (χ0v) is 16.6. The Morgan fingerprint density at radius 1 is 1.07 bits per heavy atom. The Morgan fingerprint density at radius 2 is 1.63 bits per heavy atom. The Balaban J connectivity index is 1.85. The van der Waals surface area contributed by atoms with E-state index in [2.05, 4.69) is 0 Å². The van der Waals surface area contributed by atoms with E-state index in [0.717, 1.165) is 5.56 Å².